The molecule has 0 spiro atoms. The van der Waals surface area contributed by atoms with Crippen molar-refractivity contribution >= 4 is 5.78 Å². The standard InChI is InChI=1S/C7H11NO/c1-3-4-7(9)6(2)5-8/h6H,3-4H2,1-2H3. The Hall–Kier alpha value is -0.840. The predicted molar refractivity (Wildman–Crippen MR) is 34.7 cm³/mol. The maximum absolute atomic E-state index is 10.8. The Bertz CT molecular complexity index is 134. The SMILES string of the molecule is CCCC(=O)C(C)C#N. The van der Waals surface area contributed by atoms with Gasteiger partial charge in [0.25, 0.3) is 0 Å². The minimum Gasteiger partial charge on any atom is -0.298 e. The van der Waals surface area contributed by atoms with Crippen LogP contribution in [0.5, 0.6) is 0 Å². The summed E-state index contributed by atoms with van der Waals surface area (Å²) in [5, 5.41) is 8.26. The Balaban J connectivity index is 3.63. The van der Waals surface area contributed by atoms with Gasteiger partial charge in [0, 0.05) is 6.42 Å². The predicted octanol–water partition coefficient (Wildman–Crippen LogP) is 1.52. The van der Waals surface area contributed by atoms with Gasteiger partial charge in [-0.1, -0.05) is 6.92 Å². The summed E-state index contributed by atoms with van der Waals surface area (Å²) in [6.45, 7) is 3.57. The van der Waals surface area contributed by atoms with Gasteiger partial charge >= 0.3 is 0 Å². The minimum atomic E-state index is -0.412. The molecule has 0 radical (unpaired) electrons. The van der Waals surface area contributed by atoms with Gasteiger partial charge in [0.2, 0.25) is 0 Å². The van der Waals surface area contributed by atoms with E-state index in [-0.39, 0.29) is 5.78 Å². The molecule has 2 heteroatoms. The van der Waals surface area contributed by atoms with Gasteiger partial charge < -0.3 is 0 Å². The van der Waals surface area contributed by atoms with E-state index in [0.29, 0.717) is 6.42 Å². The summed E-state index contributed by atoms with van der Waals surface area (Å²) in [5.74, 6) is -0.357. The molecule has 1 unspecified atom stereocenters. The topological polar surface area (TPSA) is 40.9 Å². The summed E-state index contributed by atoms with van der Waals surface area (Å²) < 4.78 is 0. The fourth-order valence-electron chi connectivity index (χ4n) is 0.535. The Morgan fingerprint density at radius 1 is 1.78 bits per heavy atom. The van der Waals surface area contributed by atoms with Crippen molar-refractivity contribution in [2.75, 3.05) is 0 Å². The second kappa shape index (κ2) is 4.08. The number of ketones is 1. The average Bonchev–Trinajstić information content (AvgIpc) is 1.87. The molecule has 0 aromatic heterocycles. The monoisotopic (exact) mass is 125 g/mol. The minimum absolute atomic E-state index is 0.0556. The van der Waals surface area contributed by atoms with Gasteiger partial charge in [0.1, 0.15) is 11.7 Å². The quantitative estimate of drug-likeness (QED) is 0.573. The third-order valence-electron chi connectivity index (χ3n) is 1.17. The lowest BCUT2D eigenvalue weighted by atomic mass is 10.1. The van der Waals surface area contributed by atoms with Gasteiger partial charge in [-0.3, -0.25) is 4.79 Å². The third kappa shape index (κ3) is 2.86. The van der Waals surface area contributed by atoms with Crippen molar-refractivity contribution in [1.29, 1.82) is 5.26 Å². The lowest BCUT2D eigenvalue weighted by molar-refractivity contribution is -0.120. The second-order valence-electron chi connectivity index (χ2n) is 2.07. The van der Waals surface area contributed by atoms with Crippen molar-refractivity contribution in [2.24, 2.45) is 5.92 Å². The molecule has 0 fully saturated rings. The van der Waals surface area contributed by atoms with E-state index in [9.17, 15) is 4.79 Å². The molecule has 0 aromatic rings. The zero-order chi connectivity index (χ0) is 7.28. The highest BCUT2D eigenvalue weighted by atomic mass is 16.1. The van der Waals surface area contributed by atoms with E-state index in [0.717, 1.165) is 6.42 Å². The molecule has 9 heavy (non-hydrogen) atoms. The first kappa shape index (κ1) is 8.16. The van der Waals surface area contributed by atoms with Crippen LogP contribution in [0.25, 0.3) is 0 Å². The first-order valence-electron chi connectivity index (χ1n) is 3.14. The number of hydrogen-bond donors (Lipinski definition) is 0. The zero-order valence-electron chi connectivity index (χ0n) is 5.85. The van der Waals surface area contributed by atoms with Crippen LogP contribution in [-0.2, 0) is 4.79 Å². The van der Waals surface area contributed by atoms with Crippen molar-refractivity contribution in [3.05, 3.63) is 0 Å². The van der Waals surface area contributed by atoms with E-state index in [1.807, 2.05) is 13.0 Å². The fourth-order valence-corrected chi connectivity index (χ4v) is 0.535. The lowest BCUT2D eigenvalue weighted by Crippen LogP contribution is -2.07. The summed E-state index contributed by atoms with van der Waals surface area (Å²) in [5.41, 5.74) is 0. The summed E-state index contributed by atoms with van der Waals surface area (Å²) >= 11 is 0. The van der Waals surface area contributed by atoms with Crippen molar-refractivity contribution in [1.82, 2.24) is 0 Å². The molecule has 0 aliphatic heterocycles. The Labute approximate surface area is 55.5 Å². The van der Waals surface area contributed by atoms with Crippen LogP contribution < -0.4 is 0 Å². The maximum atomic E-state index is 10.8. The smallest absolute Gasteiger partial charge is 0.149 e. The normalized spacial score (nSPS) is 12.1. The van der Waals surface area contributed by atoms with Crippen molar-refractivity contribution in [2.45, 2.75) is 26.7 Å². The first-order chi connectivity index (χ1) is 4.22. The molecule has 2 nitrogen and oxygen atoms in total. The van der Waals surface area contributed by atoms with Crippen LogP contribution in [0.15, 0.2) is 0 Å². The number of nitriles is 1. The Morgan fingerprint density at radius 2 is 2.33 bits per heavy atom. The number of rotatable bonds is 3. The van der Waals surface area contributed by atoms with E-state index >= 15 is 0 Å². The van der Waals surface area contributed by atoms with Crippen molar-refractivity contribution in [3.8, 4) is 6.07 Å². The van der Waals surface area contributed by atoms with Gasteiger partial charge in [-0.15, -0.1) is 0 Å². The van der Waals surface area contributed by atoms with Gasteiger partial charge in [-0.25, -0.2) is 0 Å². The van der Waals surface area contributed by atoms with Crippen LogP contribution in [0.1, 0.15) is 26.7 Å². The van der Waals surface area contributed by atoms with E-state index in [1.165, 1.54) is 0 Å². The van der Waals surface area contributed by atoms with Gasteiger partial charge in [0.05, 0.1) is 6.07 Å². The zero-order valence-corrected chi connectivity index (χ0v) is 5.85. The molecular weight excluding hydrogens is 114 g/mol. The number of Topliss-reactive ketones (excluding diaryl/α,β-unsaturated/α-hetero) is 1. The number of hydrogen-bond acceptors (Lipinski definition) is 2. The molecule has 0 saturated carbocycles. The number of nitrogens with zero attached hydrogens (tertiary/aromatic N) is 1. The molecule has 0 N–H and O–H groups in total. The van der Waals surface area contributed by atoms with Crippen LogP contribution in [0.4, 0.5) is 0 Å². The molecule has 0 aliphatic carbocycles. The third-order valence-corrected chi connectivity index (χ3v) is 1.17. The van der Waals surface area contributed by atoms with Crippen LogP contribution in [0.3, 0.4) is 0 Å². The second-order valence-corrected chi connectivity index (χ2v) is 2.07. The fraction of sp³-hybridized carbons (Fsp3) is 0.714. The number of carbonyl (C=O) groups excluding carboxylic acids is 1. The van der Waals surface area contributed by atoms with Crippen molar-refractivity contribution in [3.63, 3.8) is 0 Å². The molecule has 1 atom stereocenters. The molecule has 0 rings (SSSR count). The van der Waals surface area contributed by atoms with Crippen molar-refractivity contribution < 1.29 is 4.79 Å². The van der Waals surface area contributed by atoms with Crippen LogP contribution >= 0.6 is 0 Å². The molecule has 50 valence electrons. The molecule has 0 heterocycles. The van der Waals surface area contributed by atoms with E-state index in [1.54, 1.807) is 6.92 Å². The molecule has 0 amide bonds. The lowest BCUT2D eigenvalue weighted by Gasteiger charge is -1.96. The van der Waals surface area contributed by atoms with E-state index < -0.39 is 5.92 Å². The molecular formula is C7H11NO. The summed E-state index contributed by atoms with van der Waals surface area (Å²) in [7, 11) is 0. The largest absolute Gasteiger partial charge is 0.298 e. The van der Waals surface area contributed by atoms with E-state index in [4.69, 9.17) is 5.26 Å². The Morgan fingerprint density at radius 3 is 2.67 bits per heavy atom. The molecule has 0 aliphatic rings. The summed E-state index contributed by atoms with van der Waals surface area (Å²) in [6, 6.07) is 1.90. The highest BCUT2D eigenvalue weighted by molar-refractivity contribution is 5.82. The van der Waals surface area contributed by atoms with E-state index in [2.05, 4.69) is 0 Å². The molecule has 0 aromatic carbocycles. The first-order valence-corrected chi connectivity index (χ1v) is 3.14. The molecule has 0 bridgehead atoms. The van der Waals surface area contributed by atoms with Crippen LogP contribution in [-0.4, -0.2) is 5.78 Å². The average molecular weight is 125 g/mol. The highest BCUT2D eigenvalue weighted by Crippen LogP contribution is 2.00. The van der Waals surface area contributed by atoms with Gasteiger partial charge in [0.15, 0.2) is 0 Å². The van der Waals surface area contributed by atoms with Crippen LogP contribution in [0.2, 0.25) is 0 Å². The van der Waals surface area contributed by atoms with Crippen LogP contribution in [0, 0.1) is 17.2 Å². The summed E-state index contributed by atoms with van der Waals surface area (Å²) in [4.78, 5) is 10.8. The summed E-state index contributed by atoms with van der Waals surface area (Å²) in [6.07, 6.45) is 1.37. The Kier molecular flexibility index (Phi) is 3.70. The maximum Gasteiger partial charge on any atom is 0.149 e. The highest BCUT2D eigenvalue weighted by Gasteiger charge is 2.08. The molecule has 0 saturated heterocycles. The number of carbonyl (C=O) groups is 1. The van der Waals surface area contributed by atoms with Gasteiger partial charge in [-0.2, -0.15) is 5.26 Å². The van der Waals surface area contributed by atoms with Gasteiger partial charge in [-0.05, 0) is 13.3 Å².